The fourth-order valence-corrected chi connectivity index (χ4v) is 1.39. The van der Waals surface area contributed by atoms with Crippen LogP contribution in [0.4, 0.5) is 0 Å². The highest BCUT2D eigenvalue weighted by Gasteiger charge is 2.36. The lowest BCUT2D eigenvalue weighted by Gasteiger charge is -2.25. The Labute approximate surface area is 78.5 Å². The number of hydrogen-bond acceptors (Lipinski definition) is 3. The number of aliphatic carboxylic acids is 1. The molecule has 72 valence electrons. The monoisotopic (exact) mass is 192 g/mol. The van der Waals surface area contributed by atoms with Crippen LogP contribution in [-0.4, -0.2) is 29.5 Å². The zero-order valence-electron chi connectivity index (χ0n) is 7.54. The maximum absolute atomic E-state index is 10.8. The Hall–Kier alpha value is -0.220. The molecule has 0 amide bonds. The normalized spacial score (nSPS) is 15.6. The first-order valence-electron chi connectivity index (χ1n) is 4.02. The number of unbranched alkanes of at least 4 members (excludes halogenated alkanes) is 1. The van der Waals surface area contributed by atoms with Crippen LogP contribution in [0.25, 0.3) is 0 Å². The van der Waals surface area contributed by atoms with E-state index in [9.17, 15) is 4.79 Å². The third kappa shape index (κ3) is 2.68. The molecule has 0 heterocycles. The number of carboxylic acids is 1. The summed E-state index contributed by atoms with van der Waals surface area (Å²) in [5, 5.41) is 8.88. The zero-order valence-corrected chi connectivity index (χ0v) is 8.43. The van der Waals surface area contributed by atoms with Crippen molar-refractivity contribution in [1.82, 2.24) is 0 Å². The summed E-state index contributed by atoms with van der Waals surface area (Å²) >= 11 is 3.99. The predicted molar refractivity (Wildman–Crippen MR) is 50.8 cm³/mol. The topological polar surface area (TPSA) is 46.5 Å². The summed E-state index contributed by atoms with van der Waals surface area (Å²) in [6.45, 7) is 2.01. The summed E-state index contributed by atoms with van der Waals surface area (Å²) < 4.78 is 4.97. The molecule has 0 spiro atoms. The van der Waals surface area contributed by atoms with E-state index in [1.807, 2.05) is 6.92 Å². The molecule has 1 unspecified atom stereocenters. The molecule has 0 rings (SSSR count). The van der Waals surface area contributed by atoms with Crippen LogP contribution < -0.4 is 0 Å². The van der Waals surface area contributed by atoms with Crippen LogP contribution in [0.5, 0.6) is 0 Å². The van der Waals surface area contributed by atoms with E-state index in [4.69, 9.17) is 9.84 Å². The van der Waals surface area contributed by atoms with Gasteiger partial charge in [0.15, 0.2) is 5.60 Å². The summed E-state index contributed by atoms with van der Waals surface area (Å²) in [6, 6.07) is 0. The standard InChI is InChI=1S/C8H16O3S/c1-3-4-5-8(6-12,11-2)7(9)10/h12H,3-6H2,1-2H3,(H,9,10). The predicted octanol–water partition coefficient (Wildman–Crippen LogP) is 1.58. The molecule has 1 N–H and O–H groups in total. The average Bonchev–Trinajstić information content (AvgIpc) is 2.07. The molecule has 12 heavy (non-hydrogen) atoms. The van der Waals surface area contributed by atoms with E-state index in [-0.39, 0.29) is 5.75 Å². The molecule has 0 aliphatic rings. The first kappa shape index (κ1) is 11.8. The molecule has 0 saturated heterocycles. The van der Waals surface area contributed by atoms with Gasteiger partial charge in [-0.1, -0.05) is 19.8 Å². The fraction of sp³-hybridized carbons (Fsp3) is 0.875. The Morgan fingerprint density at radius 1 is 1.67 bits per heavy atom. The van der Waals surface area contributed by atoms with E-state index in [2.05, 4.69) is 12.6 Å². The van der Waals surface area contributed by atoms with Gasteiger partial charge in [-0.2, -0.15) is 12.6 Å². The van der Waals surface area contributed by atoms with Gasteiger partial charge in [0, 0.05) is 12.9 Å². The first-order valence-corrected chi connectivity index (χ1v) is 4.65. The van der Waals surface area contributed by atoms with Crippen LogP contribution in [0.1, 0.15) is 26.2 Å². The Balaban J connectivity index is 4.25. The van der Waals surface area contributed by atoms with Gasteiger partial charge in [-0.05, 0) is 6.42 Å². The molecule has 3 nitrogen and oxygen atoms in total. The smallest absolute Gasteiger partial charge is 0.336 e. The van der Waals surface area contributed by atoms with Crippen LogP contribution >= 0.6 is 12.6 Å². The van der Waals surface area contributed by atoms with Crippen LogP contribution in [0, 0.1) is 0 Å². The minimum absolute atomic E-state index is 0.221. The average molecular weight is 192 g/mol. The van der Waals surface area contributed by atoms with Crippen LogP contribution in [-0.2, 0) is 9.53 Å². The lowest BCUT2D eigenvalue weighted by Crippen LogP contribution is -2.42. The number of hydrogen-bond donors (Lipinski definition) is 2. The van der Waals surface area contributed by atoms with Crippen molar-refractivity contribution >= 4 is 18.6 Å². The van der Waals surface area contributed by atoms with Gasteiger partial charge < -0.3 is 9.84 Å². The molecule has 4 heteroatoms. The molecule has 0 aliphatic carbocycles. The van der Waals surface area contributed by atoms with E-state index in [0.717, 1.165) is 12.8 Å². The Bertz CT molecular complexity index is 143. The van der Waals surface area contributed by atoms with Crippen LogP contribution in [0.15, 0.2) is 0 Å². The number of thiol groups is 1. The summed E-state index contributed by atoms with van der Waals surface area (Å²) in [5.74, 6) is -0.702. The van der Waals surface area contributed by atoms with Crippen molar-refractivity contribution < 1.29 is 14.6 Å². The van der Waals surface area contributed by atoms with Crippen molar-refractivity contribution in [3.05, 3.63) is 0 Å². The maximum Gasteiger partial charge on any atom is 0.336 e. The van der Waals surface area contributed by atoms with E-state index >= 15 is 0 Å². The van der Waals surface area contributed by atoms with E-state index < -0.39 is 11.6 Å². The van der Waals surface area contributed by atoms with Crippen molar-refractivity contribution in [2.24, 2.45) is 0 Å². The van der Waals surface area contributed by atoms with Crippen molar-refractivity contribution in [1.29, 1.82) is 0 Å². The second-order valence-corrected chi connectivity index (χ2v) is 3.08. The molecule has 0 fully saturated rings. The number of ether oxygens (including phenoxy) is 1. The zero-order chi connectivity index (χ0) is 9.61. The highest BCUT2D eigenvalue weighted by atomic mass is 32.1. The van der Waals surface area contributed by atoms with Crippen molar-refractivity contribution in [2.45, 2.75) is 31.8 Å². The molecule has 0 bridgehead atoms. The third-order valence-electron chi connectivity index (χ3n) is 1.97. The minimum Gasteiger partial charge on any atom is -0.479 e. The lowest BCUT2D eigenvalue weighted by atomic mass is 9.99. The molecular formula is C8H16O3S. The molecule has 0 aliphatic heterocycles. The third-order valence-corrected chi connectivity index (χ3v) is 2.48. The Kier molecular flexibility index (Phi) is 5.33. The van der Waals surface area contributed by atoms with Gasteiger partial charge in [0.25, 0.3) is 0 Å². The van der Waals surface area contributed by atoms with Gasteiger partial charge in [0.2, 0.25) is 0 Å². The summed E-state index contributed by atoms with van der Waals surface area (Å²) in [6.07, 6.45) is 2.34. The number of methoxy groups -OCH3 is 1. The molecule has 1 atom stereocenters. The Morgan fingerprint density at radius 3 is 2.50 bits per heavy atom. The van der Waals surface area contributed by atoms with Crippen molar-refractivity contribution in [3.63, 3.8) is 0 Å². The van der Waals surface area contributed by atoms with Gasteiger partial charge in [0.1, 0.15) is 0 Å². The lowest BCUT2D eigenvalue weighted by molar-refractivity contribution is -0.160. The number of rotatable bonds is 6. The summed E-state index contributed by atoms with van der Waals surface area (Å²) in [4.78, 5) is 10.8. The van der Waals surface area contributed by atoms with Gasteiger partial charge in [-0.25, -0.2) is 4.79 Å². The quantitative estimate of drug-likeness (QED) is 0.628. The van der Waals surface area contributed by atoms with E-state index in [1.54, 1.807) is 0 Å². The second-order valence-electron chi connectivity index (χ2n) is 2.77. The summed E-state index contributed by atoms with van der Waals surface area (Å²) in [5.41, 5.74) is -1.08. The highest BCUT2D eigenvalue weighted by molar-refractivity contribution is 7.80. The van der Waals surface area contributed by atoms with Crippen LogP contribution in [0.3, 0.4) is 0 Å². The van der Waals surface area contributed by atoms with E-state index in [0.29, 0.717) is 6.42 Å². The van der Waals surface area contributed by atoms with Gasteiger partial charge in [0.05, 0.1) is 0 Å². The molecular weight excluding hydrogens is 176 g/mol. The molecule has 0 saturated carbocycles. The maximum atomic E-state index is 10.8. The molecule has 0 aromatic heterocycles. The number of carboxylic acid groups (broad SMARTS) is 1. The van der Waals surface area contributed by atoms with Crippen molar-refractivity contribution in [3.8, 4) is 0 Å². The Morgan fingerprint density at radius 2 is 2.25 bits per heavy atom. The fourth-order valence-electron chi connectivity index (χ4n) is 0.970. The van der Waals surface area contributed by atoms with Gasteiger partial charge >= 0.3 is 5.97 Å². The molecule has 0 aromatic rings. The summed E-state index contributed by atoms with van der Waals surface area (Å²) in [7, 11) is 1.42. The largest absolute Gasteiger partial charge is 0.479 e. The van der Waals surface area contributed by atoms with Gasteiger partial charge in [-0.3, -0.25) is 0 Å². The molecule has 0 radical (unpaired) electrons. The first-order chi connectivity index (χ1) is 5.63. The molecule has 0 aromatic carbocycles. The highest BCUT2D eigenvalue weighted by Crippen LogP contribution is 2.20. The van der Waals surface area contributed by atoms with E-state index in [1.165, 1.54) is 7.11 Å². The van der Waals surface area contributed by atoms with Crippen LogP contribution in [0.2, 0.25) is 0 Å². The number of carbonyl (C=O) groups is 1. The SMILES string of the molecule is CCCCC(CS)(OC)C(=O)O. The second kappa shape index (κ2) is 5.43. The minimum atomic E-state index is -1.08. The van der Waals surface area contributed by atoms with Crippen molar-refractivity contribution in [2.75, 3.05) is 12.9 Å². The van der Waals surface area contributed by atoms with Gasteiger partial charge in [-0.15, -0.1) is 0 Å².